The van der Waals surface area contributed by atoms with Crippen molar-refractivity contribution < 1.29 is 24.4 Å². The normalized spacial score (nSPS) is 9.80. The summed E-state index contributed by atoms with van der Waals surface area (Å²) in [6.07, 6.45) is -0.758. The Morgan fingerprint density at radius 3 is 2.55 bits per heavy atom. The molecule has 0 saturated carbocycles. The number of nitro benzene ring substituents is 1. The van der Waals surface area contributed by atoms with Gasteiger partial charge >= 0.3 is 12.1 Å². The average molecular weight is 300 g/mol. The fourth-order valence-electron chi connectivity index (χ4n) is 1.14. The zero-order valence-corrected chi connectivity index (χ0v) is 11.1. The van der Waals surface area contributed by atoms with Crippen LogP contribution in [0.25, 0.3) is 0 Å². The highest BCUT2D eigenvalue weighted by molar-refractivity contribution is 7.97. The SMILES string of the molecule is O=C(O)CCSNC(=O)OCc1ccc([N+](=O)[O-])cc1. The third kappa shape index (κ3) is 6.05. The minimum Gasteiger partial charge on any atom is -0.481 e. The maximum Gasteiger partial charge on any atom is 0.417 e. The predicted octanol–water partition coefficient (Wildman–Crippen LogP) is 1.94. The molecule has 108 valence electrons. The third-order valence-corrected chi connectivity index (χ3v) is 2.81. The van der Waals surface area contributed by atoms with Crippen LogP contribution < -0.4 is 4.72 Å². The minimum absolute atomic E-state index is 0.0245. The van der Waals surface area contributed by atoms with Gasteiger partial charge < -0.3 is 9.84 Å². The van der Waals surface area contributed by atoms with Crippen LogP contribution in [-0.2, 0) is 16.1 Å². The van der Waals surface area contributed by atoms with E-state index in [-0.39, 0.29) is 24.5 Å². The lowest BCUT2D eigenvalue weighted by atomic mass is 10.2. The number of nitrogens with zero attached hydrogens (tertiary/aromatic N) is 1. The Kier molecular flexibility index (Phi) is 6.30. The van der Waals surface area contributed by atoms with Crippen LogP contribution in [0.1, 0.15) is 12.0 Å². The molecular weight excluding hydrogens is 288 g/mol. The second kappa shape index (κ2) is 8.00. The Morgan fingerprint density at radius 1 is 1.35 bits per heavy atom. The average Bonchev–Trinajstić information content (AvgIpc) is 2.41. The monoisotopic (exact) mass is 300 g/mol. The molecule has 2 N–H and O–H groups in total. The summed E-state index contributed by atoms with van der Waals surface area (Å²) in [7, 11) is 0. The number of carboxylic acids is 1. The molecule has 1 aromatic rings. The van der Waals surface area contributed by atoms with Crippen molar-refractivity contribution in [1.82, 2.24) is 4.72 Å². The summed E-state index contributed by atoms with van der Waals surface area (Å²) in [5.74, 6) is -0.708. The quantitative estimate of drug-likeness (QED) is 0.342. The first-order valence-corrected chi connectivity index (χ1v) is 6.47. The van der Waals surface area contributed by atoms with Crippen LogP contribution in [0.3, 0.4) is 0 Å². The number of nitro groups is 1. The summed E-state index contributed by atoms with van der Waals surface area (Å²) in [5.41, 5.74) is 0.573. The predicted molar refractivity (Wildman–Crippen MR) is 71.1 cm³/mol. The van der Waals surface area contributed by atoms with Crippen LogP contribution in [0, 0.1) is 10.1 Å². The van der Waals surface area contributed by atoms with Gasteiger partial charge in [-0.05, 0) is 29.6 Å². The van der Waals surface area contributed by atoms with Crippen molar-refractivity contribution >= 4 is 29.7 Å². The Bertz CT molecular complexity index is 490. The fraction of sp³-hybridized carbons (Fsp3) is 0.273. The van der Waals surface area contributed by atoms with Crippen LogP contribution in [0.5, 0.6) is 0 Å². The second-order valence-electron chi connectivity index (χ2n) is 3.59. The van der Waals surface area contributed by atoms with E-state index >= 15 is 0 Å². The Labute approximate surface area is 118 Å². The zero-order valence-electron chi connectivity index (χ0n) is 10.3. The molecule has 0 unspecified atom stereocenters. The first-order chi connectivity index (χ1) is 9.49. The van der Waals surface area contributed by atoms with Gasteiger partial charge in [-0.1, -0.05) is 0 Å². The molecule has 1 aromatic carbocycles. The Hall–Kier alpha value is -2.29. The fourth-order valence-corrected chi connectivity index (χ4v) is 1.70. The van der Waals surface area contributed by atoms with Crippen molar-refractivity contribution in [2.45, 2.75) is 13.0 Å². The highest BCUT2D eigenvalue weighted by Gasteiger charge is 2.06. The van der Waals surface area contributed by atoms with Gasteiger partial charge in [0, 0.05) is 17.9 Å². The molecule has 0 radical (unpaired) electrons. The van der Waals surface area contributed by atoms with Crippen LogP contribution >= 0.6 is 11.9 Å². The molecular formula is C11H12N2O6S. The number of carboxylic acid groups (broad SMARTS) is 1. The third-order valence-electron chi connectivity index (χ3n) is 2.09. The molecule has 1 rings (SSSR count). The molecule has 0 fully saturated rings. The maximum absolute atomic E-state index is 11.2. The van der Waals surface area contributed by atoms with Gasteiger partial charge in [0.1, 0.15) is 6.61 Å². The maximum atomic E-state index is 11.2. The summed E-state index contributed by atoms with van der Waals surface area (Å²) in [5, 5.41) is 18.8. The molecule has 20 heavy (non-hydrogen) atoms. The number of rotatable bonds is 7. The molecule has 1 amide bonds. The van der Waals surface area contributed by atoms with E-state index in [0.717, 1.165) is 11.9 Å². The molecule has 0 spiro atoms. The number of benzene rings is 1. The lowest BCUT2D eigenvalue weighted by Crippen LogP contribution is -2.18. The summed E-state index contributed by atoms with van der Waals surface area (Å²) in [6.45, 7) is -0.0245. The molecule has 0 atom stereocenters. The van der Waals surface area contributed by atoms with Crippen molar-refractivity contribution in [2.75, 3.05) is 5.75 Å². The highest BCUT2D eigenvalue weighted by atomic mass is 32.2. The number of ether oxygens (including phenoxy) is 1. The van der Waals surface area contributed by atoms with Crippen LogP contribution in [-0.4, -0.2) is 27.8 Å². The van der Waals surface area contributed by atoms with Crippen LogP contribution in [0.4, 0.5) is 10.5 Å². The van der Waals surface area contributed by atoms with Crippen molar-refractivity contribution in [1.29, 1.82) is 0 Å². The smallest absolute Gasteiger partial charge is 0.417 e. The summed E-state index contributed by atoms with van der Waals surface area (Å²) >= 11 is 0.936. The van der Waals surface area contributed by atoms with Gasteiger partial charge in [-0.3, -0.25) is 19.6 Å². The number of nitrogens with one attached hydrogen (secondary N) is 1. The topological polar surface area (TPSA) is 119 Å². The van der Waals surface area contributed by atoms with Gasteiger partial charge in [-0.25, -0.2) is 4.79 Å². The zero-order chi connectivity index (χ0) is 15.0. The van der Waals surface area contributed by atoms with Crippen LogP contribution in [0.2, 0.25) is 0 Å². The van der Waals surface area contributed by atoms with E-state index in [4.69, 9.17) is 9.84 Å². The molecule has 0 saturated heterocycles. The first-order valence-electron chi connectivity index (χ1n) is 5.48. The first kappa shape index (κ1) is 15.8. The van der Waals surface area contributed by atoms with Crippen molar-refractivity contribution in [3.05, 3.63) is 39.9 Å². The van der Waals surface area contributed by atoms with Crippen molar-refractivity contribution in [3.63, 3.8) is 0 Å². The van der Waals surface area contributed by atoms with E-state index in [1.54, 1.807) is 0 Å². The number of non-ortho nitro benzene ring substituents is 1. The van der Waals surface area contributed by atoms with Gasteiger partial charge in [-0.15, -0.1) is 0 Å². The Balaban J connectivity index is 2.26. The van der Waals surface area contributed by atoms with E-state index in [2.05, 4.69) is 4.72 Å². The van der Waals surface area contributed by atoms with Gasteiger partial charge in [0.05, 0.1) is 11.3 Å². The number of hydrogen-bond acceptors (Lipinski definition) is 6. The van der Waals surface area contributed by atoms with E-state index in [1.165, 1.54) is 24.3 Å². The molecule has 0 aliphatic rings. The number of carbonyl (C=O) groups is 2. The molecule has 8 nitrogen and oxygen atoms in total. The second-order valence-corrected chi connectivity index (χ2v) is 4.49. The molecule has 0 aliphatic carbocycles. The van der Waals surface area contributed by atoms with E-state index in [0.29, 0.717) is 5.56 Å². The van der Waals surface area contributed by atoms with Gasteiger partial charge in [0.2, 0.25) is 0 Å². The molecule has 9 heteroatoms. The van der Waals surface area contributed by atoms with E-state index < -0.39 is 17.0 Å². The van der Waals surface area contributed by atoms with Crippen molar-refractivity contribution in [2.24, 2.45) is 0 Å². The van der Waals surface area contributed by atoms with E-state index in [9.17, 15) is 19.7 Å². The summed E-state index contributed by atoms with van der Waals surface area (Å²) in [6, 6.07) is 5.61. The molecule has 0 aliphatic heterocycles. The summed E-state index contributed by atoms with van der Waals surface area (Å²) < 4.78 is 7.17. The summed E-state index contributed by atoms with van der Waals surface area (Å²) in [4.78, 5) is 31.4. The largest absolute Gasteiger partial charge is 0.481 e. The van der Waals surface area contributed by atoms with E-state index in [1.807, 2.05) is 0 Å². The lowest BCUT2D eigenvalue weighted by Gasteiger charge is -2.05. The number of hydrogen-bond donors (Lipinski definition) is 2. The number of amides is 1. The lowest BCUT2D eigenvalue weighted by molar-refractivity contribution is -0.384. The van der Waals surface area contributed by atoms with Gasteiger partial charge in [0.25, 0.3) is 5.69 Å². The van der Waals surface area contributed by atoms with Gasteiger partial charge in [-0.2, -0.15) is 0 Å². The standard InChI is InChI=1S/C11H12N2O6S/c14-10(15)5-6-20-12-11(16)19-7-8-1-3-9(4-2-8)13(17)18/h1-4H,5-7H2,(H,12,16)(H,14,15). The van der Waals surface area contributed by atoms with Gasteiger partial charge in [0.15, 0.2) is 0 Å². The number of aliphatic carboxylic acids is 1. The molecule has 0 heterocycles. The minimum atomic E-state index is -0.946. The number of carbonyl (C=O) groups excluding carboxylic acids is 1. The van der Waals surface area contributed by atoms with Crippen LogP contribution in [0.15, 0.2) is 24.3 Å². The van der Waals surface area contributed by atoms with Crippen molar-refractivity contribution in [3.8, 4) is 0 Å². The molecule has 0 aromatic heterocycles. The highest BCUT2D eigenvalue weighted by Crippen LogP contribution is 2.12. The Morgan fingerprint density at radius 2 is 2.00 bits per heavy atom. The molecule has 0 bridgehead atoms.